The number of nitrogens with two attached hydrogens (primary N) is 1. The normalized spacial score (nSPS) is 17.4. The molecule has 0 saturated carbocycles. The van der Waals surface area contributed by atoms with E-state index in [9.17, 15) is 0 Å². The second-order valence-electron chi connectivity index (χ2n) is 4.17. The van der Waals surface area contributed by atoms with Crippen molar-refractivity contribution in [1.29, 1.82) is 0 Å². The Kier molecular flexibility index (Phi) is 3.47. The van der Waals surface area contributed by atoms with Gasteiger partial charge in [0.2, 0.25) is 0 Å². The van der Waals surface area contributed by atoms with Crippen LogP contribution in [0.5, 0.6) is 0 Å². The van der Waals surface area contributed by atoms with Gasteiger partial charge >= 0.3 is 0 Å². The van der Waals surface area contributed by atoms with Crippen molar-refractivity contribution >= 4 is 11.4 Å². The average Bonchev–Trinajstić information content (AvgIpc) is 2.30. The number of hydrogen-bond donors (Lipinski definition) is 1. The Balaban J connectivity index is 1.96. The highest BCUT2D eigenvalue weighted by Gasteiger charge is 2.15. The second-order valence-corrected chi connectivity index (χ2v) is 4.17. The monoisotopic (exact) mass is 217 g/mol. The molecule has 1 aliphatic rings. The van der Waals surface area contributed by atoms with Gasteiger partial charge in [0.05, 0.1) is 0 Å². The fraction of sp³-hybridized carbons (Fsp3) is 0.385. The van der Waals surface area contributed by atoms with Gasteiger partial charge in [-0.05, 0) is 18.2 Å². The third-order valence-corrected chi connectivity index (χ3v) is 2.99. The number of rotatable bonds is 3. The van der Waals surface area contributed by atoms with Crippen LogP contribution in [-0.2, 0) is 0 Å². The van der Waals surface area contributed by atoms with E-state index in [1.165, 1.54) is 5.69 Å². The molecule has 0 amide bonds. The number of nitrogen functional groups attached to an aromatic ring is 1. The van der Waals surface area contributed by atoms with E-state index < -0.39 is 0 Å². The van der Waals surface area contributed by atoms with Crippen LogP contribution in [0.4, 0.5) is 11.4 Å². The molecule has 0 bridgehead atoms. The highest BCUT2D eigenvalue weighted by atomic mass is 15.3. The summed E-state index contributed by atoms with van der Waals surface area (Å²) in [7, 11) is 0. The van der Waals surface area contributed by atoms with Crippen molar-refractivity contribution in [2.45, 2.75) is 0 Å². The van der Waals surface area contributed by atoms with Crippen LogP contribution in [-0.4, -0.2) is 37.6 Å². The van der Waals surface area contributed by atoms with E-state index >= 15 is 0 Å². The Labute approximate surface area is 97.2 Å². The summed E-state index contributed by atoms with van der Waals surface area (Å²) >= 11 is 0. The number of nitrogens with zero attached hydrogens (tertiary/aromatic N) is 2. The van der Waals surface area contributed by atoms with E-state index in [0.717, 1.165) is 38.4 Å². The first-order chi connectivity index (χ1) is 7.79. The molecule has 1 aromatic carbocycles. The van der Waals surface area contributed by atoms with Gasteiger partial charge < -0.3 is 10.6 Å². The number of anilines is 2. The van der Waals surface area contributed by atoms with E-state index in [4.69, 9.17) is 5.73 Å². The molecule has 0 aliphatic carbocycles. The Morgan fingerprint density at radius 2 is 2.00 bits per heavy atom. The van der Waals surface area contributed by atoms with Gasteiger partial charge in [-0.15, -0.1) is 6.58 Å². The molecule has 0 radical (unpaired) electrons. The van der Waals surface area contributed by atoms with Crippen molar-refractivity contribution in [2.24, 2.45) is 0 Å². The molecule has 0 atom stereocenters. The summed E-state index contributed by atoms with van der Waals surface area (Å²) in [6, 6.07) is 8.11. The molecule has 1 heterocycles. The van der Waals surface area contributed by atoms with Gasteiger partial charge in [0.25, 0.3) is 0 Å². The first kappa shape index (κ1) is 11.0. The average molecular weight is 217 g/mol. The standard InChI is InChI=1S/C13H19N3/c1-2-6-15-7-9-16(10-8-15)13-5-3-4-12(14)11-13/h2-5,11H,1,6-10,14H2. The van der Waals surface area contributed by atoms with Crippen LogP contribution in [0.25, 0.3) is 0 Å². The molecule has 1 fully saturated rings. The Hall–Kier alpha value is -1.48. The summed E-state index contributed by atoms with van der Waals surface area (Å²) in [6.45, 7) is 9.09. The SMILES string of the molecule is C=CCN1CCN(c2cccc(N)c2)CC1. The van der Waals surface area contributed by atoms with Crippen LogP contribution in [0.1, 0.15) is 0 Å². The van der Waals surface area contributed by atoms with Crippen LogP contribution in [0, 0.1) is 0 Å². The van der Waals surface area contributed by atoms with E-state index in [0.29, 0.717) is 0 Å². The molecule has 0 unspecified atom stereocenters. The smallest absolute Gasteiger partial charge is 0.0387 e. The highest BCUT2D eigenvalue weighted by Crippen LogP contribution is 2.18. The lowest BCUT2D eigenvalue weighted by atomic mass is 10.2. The molecule has 2 rings (SSSR count). The lowest BCUT2D eigenvalue weighted by Crippen LogP contribution is -2.46. The van der Waals surface area contributed by atoms with Crippen LogP contribution in [0.2, 0.25) is 0 Å². The predicted molar refractivity (Wildman–Crippen MR) is 69.7 cm³/mol. The van der Waals surface area contributed by atoms with Crippen molar-refractivity contribution in [3.8, 4) is 0 Å². The molecule has 1 saturated heterocycles. The number of hydrogen-bond acceptors (Lipinski definition) is 3. The van der Waals surface area contributed by atoms with Crippen molar-refractivity contribution in [3.05, 3.63) is 36.9 Å². The molecule has 16 heavy (non-hydrogen) atoms. The third-order valence-electron chi connectivity index (χ3n) is 2.99. The van der Waals surface area contributed by atoms with Crippen molar-refractivity contribution in [3.63, 3.8) is 0 Å². The molecule has 0 aromatic heterocycles. The Morgan fingerprint density at radius 1 is 1.25 bits per heavy atom. The van der Waals surface area contributed by atoms with E-state index in [-0.39, 0.29) is 0 Å². The first-order valence-electron chi connectivity index (χ1n) is 5.73. The Morgan fingerprint density at radius 3 is 2.62 bits per heavy atom. The van der Waals surface area contributed by atoms with Crippen molar-refractivity contribution in [2.75, 3.05) is 43.4 Å². The maximum absolute atomic E-state index is 5.79. The molecular formula is C13H19N3. The zero-order valence-corrected chi connectivity index (χ0v) is 9.60. The fourth-order valence-corrected chi connectivity index (χ4v) is 2.09. The molecule has 86 valence electrons. The van der Waals surface area contributed by atoms with Gasteiger partial charge in [-0.1, -0.05) is 12.1 Å². The zero-order chi connectivity index (χ0) is 11.4. The van der Waals surface area contributed by atoms with Crippen molar-refractivity contribution in [1.82, 2.24) is 4.90 Å². The van der Waals surface area contributed by atoms with Crippen LogP contribution in [0.3, 0.4) is 0 Å². The maximum atomic E-state index is 5.79. The summed E-state index contributed by atoms with van der Waals surface area (Å²) in [5.74, 6) is 0. The van der Waals surface area contributed by atoms with Crippen LogP contribution >= 0.6 is 0 Å². The van der Waals surface area contributed by atoms with Gasteiger partial charge in [-0.3, -0.25) is 4.90 Å². The van der Waals surface area contributed by atoms with E-state index in [1.807, 2.05) is 24.3 Å². The third kappa shape index (κ3) is 2.55. The van der Waals surface area contributed by atoms with Crippen molar-refractivity contribution < 1.29 is 0 Å². The number of benzene rings is 1. The lowest BCUT2D eigenvalue weighted by molar-refractivity contribution is 0.284. The summed E-state index contributed by atoms with van der Waals surface area (Å²) in [6.07, 6.45) is 1.97. The predicted octanol–water partition coefficient (Wildman–Crippen LogP) is 1.58. The quantitative estimate of drug-likeness (QED) is 0.616. The first-order valence-corrected chi connectivity index (χ1v) is 5.73. The molecule has 0 spiro atoms. The number of piperazine rings is 1. The van der Waals surface area contributed by atoms with Crippen LogP contribution in [0.15, 0.2) is 36.9 Å². The molecule has 2 N–H and O–H groups in total. The second kappa shape index (κ2) is 5.03. The maximum Gasteiger partial charge on any atom is 0.0387 e. The largest absolute Gasteiger partial charge is 0.399 e. The zero-order valence-electron chi connectivity index (χ0n) is 9.60. The summed E-state index contributed by atoms with van der Waals surface area (Å²) < 4.78 is 0. The minimum Gasteiger partial charge on any atom is -0.399 e. The van der Waals surface area contributed by atoms with Gasteiger partial charge in [0.15, 0.2) is 0 Å². The molecule has 1 aromatic rings. The molecule has 3 nitrogen and oxygen atoms in total. The van der Waals surface area contributed by atoms with Gasteiger partial charge in [0.1, 0.15) is 0 Å². The highest BCUT2D eigenvalue weighted by molar-refractivity contribution is 5.56. The van der Waals surface area contributed by atoms with E-state index in [1.54, 1.807) is 0 Å². The molecular weight excluding hydrogens is 198 g/mol. The minimum absolute atomic E-state index is 0.839. The lowest BCUT2D eigenvalue weighted by Gasteiger charge is -2.35. The topological polar surface area (TPSA) is 32.5 Å². The summed E-state index contributed by atoms with van der Waals surface area (Å²) in [5, 5.41) is 0. The van der Waals surface area contributed by atoms with Gasteiger partial charge in [0, 0.05) is 44.1 Å². The molecule has 1 aliphatic heterocycles. The van der Waals surface area contributed by atoms with Crippen LogP contribution < -0.4 is 10.6 Å². The Bertz CT molecular complexity index is 354. The molecule has 3 heteroatoms. The summed E-state index contributed by atoms with van der Waals surface area (Å²) in [4.78, 5) is 4.80. The van der Waals surface area contributed by atoms with E-state index in [2.05, 4.69) is 22.4 Å². The fourth-order valence-electron chi connectivity index (χ4n) is 2.09. The minimum atomic E-state index is 0.839. The van der Waals surface area contributed by atoms with Gasteiger partial charge in [-0.25, -0.2) is 0 Å². The van der Waals surface area contributed by atoms with Gasteiger partial charge in [-0.2, -0.15) is 0 Å². The summed E-state index contributed by atoms with van der Waals surface area (Å²) in [5.41, 5.74) is 7.86.